The van der Waals surface area contributed by atoms with Crippen LogP contribution in [0.4, 0.5) is 0 Å². The molecule has 4 heteroatoms. The maximum atomic E-state index is 0. The molecule has 0 fully saturated rings. The fraction of sp³-hybridized carbons (Fsp3) is 0. The Morgan fingerprint density at radius 2 is 1.25 bits per heavy atom. The van der Waals surface area contributed by atoms with E-state index in [2.05, 4.69) is 0 Å². The van der Waals surface area contributed by atoms with Gasteiger partial charge in [0.25, 0.3) is 0 Å². The van der Waals surface area contributed by atoms with E-state index in [1.165, 1.54) is 0 Å². The molecule has 0 spiro atoms. The van der Waals surface area contributed by atoms with Crippen LogP contribution in [-0.4, -0.2) is 110 Å². The molecule has 0 heterocycles. The van der Waals surface area contributed by atoms with Crippen molar-refractivity contribution in [2.45, 2.75) is 0 Å². The average molecular weight is 407 g/mol. The Hall–Kier alpha value is 3.48. The summed E-state index contributed by atoms with van der Waals surface area (Å²) in [7, 11) is 0. The van der Waals surface area contributed by atoms with Gasteiger partial charge < -0.3 is 5.71 Å². The molecule has 0 aliphatic heterocycles. The Bertz CT molecular complexity index is 16.0. The predicted molar refractivity (Wildman–Crippen MR) is 35.8 cm³/mol. The van der Waals surface area contributed by atoms with E-state index in [-0.39, 0.29) is 116 Å². The molecule has 0 N–H and O–H groups in total. The zero-order chi connectivity index (χ0) is 0. The largest absolute Gasteiger partial charge is 0.0149 e. The molecule has 0 aromatic carbocycles. The van der Waals surface area contributed by atoms with E-state index in [0.717, 1.165) is 0 Å². The summed E-state index contributed by atoms with van der Waals surface area (Å²) in [5.41, 5.74) is 0. The quantitative estimate of drug-likeness (QED) is 0.385. The van der Waals surface area contributed by atoms with Crippen LogP contribution >= 0.6 is 0 Å². The molecule has 0 aliphatic rings. The summed E-state index contributed by atoms with van der Waals surface area (Å²) in [6, 6.07) is 0. The third kappa shape index (κ3) is 9.08. The second-order valence-corrected chi connectivity index (χ2v) is 0. The number of hydrogen-bond donors (Lipinski definition) is 0. The van der Waals surface area contributed by atoms with Crippen molar-refractivity contribution in [2.24, 2.45) is 0 Å². The molecular weight excluding hydrogens is 397 g/mol. The SMILES string of the molecule is [Ba+2].[H-].[H-].[H-].[H-].[Mg+2].[PbH2].[SiH4]. The molecule has 0 amide bonds. The van der Waals surface area contributed by atoms with Crippen LogP contribution in [0.25, 0.3) is 0 Å². The van der Waals surface area contributed by atoms with Gasteiger partial charge in [0.05, 0.1) is 0 Å². The standard InChI is InChI=1S/Ba.Mg.Pb.H4Si.6H/h;;;1H4;;;;;;/q2*+2;;;;;4*-1. The minimum Gasteiger partial charge on any atom is -0.0149 e. The zero-order valence-corrected chi connectivity index (χ0v) is 13.5. The number of rotatable bonds is 0. The summed E-state index contributed by atoms with van der Waals surface area (Å²) in [6.07, 6.45) is 0. The van der Waals surface area contributed by atoms with Crippen LogP contribution in [0.5, 0.6) is 0 Å². The van der Waals surface area contributed by atoms with Crippen molar-refractivity contribution in [1.82, 2.24) is 0 Å². The molecule has 0 aliphatic carbocycles. The Labute approximate surface area is 113 Å². The molecule has 0 saturated heterocycles. The van der Waals surface area contributed by atoms with Gasteiger partial charge >= 0.3 is 99.2 Å². The van der Waals surface area contributed by atoms with Gasteiger partial charge in [0, 0.05) is 0 Å². The van der Waals surface area contributed by atoms with Crippen molar-refractivity contribution < 1.29 is 5.71 Å². The van der Waals surface area contributed by atoms with Gasteiger partial charge in [-0.05, 0) is 11.0 Å². The topological polar surface area (TPSA) is 0 Å². The van der Waals surface area contributed by atoms with Crippen LogP contribution in [0, 0.1) is 0 Å². The molecule has 2 radical (unpaired) electrons. The third-order valence-corrected chi connectivity index (χ3v) is 0. The van der Waals surface area contributed by atoms with Gasteiger partial charge in [-0.25, -0.2) is 0 Å². The zero-order valence-electron chi connectivity index (χ0n) is 6.12. The summed E-state index contributed by atoms with van der Waals surface area (Å²) in [6.45, 7) is 0. The van der Waals surface area contributed by atoms with E-state index >= 15 is 0 Å². The summed E-state index contributed by atoms with van der Waals surface area (Å²) in [5.74, 6) is 0. The molecule has 0 rings (SSSR count). The van der Waals surface area contributed by atoms with Gasteiger partial charge in [-0.2, -0.15) is 0 Å². The van der Waals surface area contributed by atoms with E-state index in [9.17, 15) is 0 Å². The van der Waals surface area contributed by atoms with Crippen molar-refractivity contribution in [3.63, 3.8) is 0 Å². The Morgan fingerprint density at radius 3 is 1.25 bits per heavy atom. The minimum absolute atomic E-state index is 0. The first-order valence-corrected chi connectivity index (χ1v) is 0. The summed E-state index contributed by atoms with van der Waals surface area (Å²) >= 11 is 0. The molecule has 22 valence electrons. The van der Waals surface area contributed by atoms with Crippen LogP contribution < -0.4 is 0 Å². The van der Waals surface area contributed by atoms with E-state index in [4.69, 9.17) is 0 Å². The Morgan fingerprint density at radius 1 is 1.25 bits per heavy atom. The molecule has 0 aromatic rings. The van der Waals surface area contributed by atoms with Crippen molar-refractivity contribution in [1.29, 1.82) is 0 Å². The predicted octanol–water partition coefficient (Wildman–Crippen LogP) is -2.68. The van der Waals surface area contributed by atoms with Crippen LogP contribution in [0.3, 0.4) is 0 Å². The van der Waals surface area contributed by atoms with E-state index in [1.807, 2.05) is 0 Å². The molecule has 0 atom stereocenters. The maximum absolute atomic E-state index is 0. The van der Waals surface area contributed by atoms with Gasteiger partial charge in [0.2, 0.25) is 0 Å². The van der Waals surface area contributed by atoms with Gasteiger partial charge in [0.15, 0.2) is 0 Å². The summed E-state index contributed by atoms with van der Waals surface area (Å²) in [4.78, 5) is 0. The molecule has 0 saturated carbocycles. The van der Waals surface area contributed by atoms with Crippen LogP contribution in [0.2, 0.25) is 0 Å². The minimum atomic E-state index is 0. The second kappa shape index (κ2) is 16.1. The molecule has 0 unspecified atom stereocenters. The monoisotopic (exact) mass is 408 g/mol. The maximum Gasteiger partial charge on any atom is -0.0149 e. The smallest absolute Gasteiger partial charge is 0.0149 e. The van der Waals surface area contributed by atoms with Crippen LogP contribution in [0.1, 0.15) is 5.71 Å². The first-order valence-electron chi connectivity index (χ1n) is 0. The fourth-order valence-corrected chi connectivity index (χ4v) is 0. The van der Waals surface area contributed by atoms with Crippen LogP contribution in [-0.2, 0) is 0 Å². The first-order chi connectivity index (χ1) is 0. The Balaban J connectivity index is 0. The van der Waals surface area contributed by atoms with E-state index in [0.29, 0.717) is 0 Å². The van der Waals surface area contributed by atoms with Crippen LogP contribution in [0.15, 0.2) is 0 Å². The molecule has 0 nitrogen and oxygen atoms in total. The molecular formula is H10BaMgPbSi. The second-order valence-electron chi connectivity index (χ2n) is 0. The molecule has 0 bridgehead atoms. The van der Waals surface area contributed by atoms with Crippen molar-refractivity contribution in [3.8, 4) is 0 Å². The van der Waals surface area contributed by atoms with Crippen molar-refractivity contribution in [2.75, 3.05) is 0 Å². The van der Waals surface area contributed by atoms with Gasteiger partial charge in [-0.1, -0.05) is 0 Å². The van der Waals surface area contributed by atoms with E-state index < -0.39 is 0 Å². The fourth-order valence-electron chi connectivity index (χ4n) is 0. The molecule has 0 aromatic heterocycles. The summed E-state index contributed by atoms with van der Waals surface area (Å²) < 4.78 is 0. The summed E-state index contributed by atoms with van der Waals surface area (Å²) in [5, 5.41) is 0. The van der Waals surface area contributed by atoms with Gasteiger partial charge in [0.1, 0.15) is 0 Å². The Kier molecular flexibility index (Phi) is 104. The number of hydrogen-bond acceptors (Lipinski definition) is 0. The normalized spacial score (nSPS) is 0. The third-order valence-electron chi connectivity index (χ3n) is 0. The van der Waals surface area contributed by atoms with Crippen molar-refractivity contribution in [3.05, 3.63) is 0 Å². The van der Waals surface area contributed by atoms with Crippen molar-refractivity contribution >= 4 is 110 Å². The molecule has 4 heavy (non-hydrogen) atoms. The van der Waals surface area contributed by atoms with Gasteiger partial charge in [-0.3, -0.25) is 0 Å². The van der Waals surface area contributed by atoms with Gasteiger partial charge in [-0.15, -0.1) is 0 Å². The first kappa shape index (κ1) is 25.9. The van der Waals surface area contributed by atoms with E-state index in [1.54, 1.807) is 0 Å². The average Bonchev–Trinajstić information content (AvgIpc) is 0.